The molecule has 2 aliphatic heterocycles. The van der Waals surface area contributed by atoms with Crippen LogP contribution < -0.4 is 0 Å². The zero-order chi connectivity index (χ0) is 16.3. The first-order chi connectivity index (χ1) is 11.1. The summed E-state index contributed by atoms with van der Waals surface area (Å²) in [6.07, 6.45) is 5.30. The molecule has 1 spiro atoms. The Kier molecular flexibility index (Phi) is 4.69. The van der Waals surface area contributed by atoms with Crippen molar-refractivity contribution in [2.45, 2.75) is 45.1 Å². The number of likely N-dealkylation sites (tertiary alicyclic amines) is 2. The largest absolute Gasteiger partial charge is 0.346 e. The van der Waals surface area contributed by atoms with Gasteiger partial charge in [-0.25, -0.2) is 0 Å². The number of rotatable bonds is 2. The van der Waals surface area contributed by atoms with E-state index in [9.17, 15) is 9.59 Å². The molecule has 23 heavy (non-hydrogen) atoms. The lowest BCUT2D eigenvalue weighted by Crippen LogP contribution is -2.52. The first-order valence-electron chi connectivity index (χ1n) is 8.68. The molecule has 0 N–H and O–H groups in total. The van der Waals surface area contributed by atoms with Gasteiger partial charge < -0.3 is 9.80 Å². The Bertz CT molecular complexity index is 568. The monoisotopic (exact) mass is 314 g/mol. The molecule has 1 aromatic carbocycles. The molecule has 0 radical (unpaired) electrons. The number of hydrogen-bond acceptors (Lipinski definition) is 2. The van der Waals surface area contributed by atoms with Gasteiger partial charge in [0, 0.05) is 33.1 Å². The van der Waals surface area contributed by atoms with E-state index in [2.05, 4.69) is 12.1 Å². The zero-order valence-electron chi connectivity index (χ0n) is 14.0. The molecule has 4 nitrogen and oxygen atoms in total. The quantitative estimate of drug-likeness (QED) is 0.842. The molecule has 124 valence electrons. The third-order valence-corrected chi connectivity index (χ3v) is 5.38. The summed E-state index contributed by atoms with van der Waals surface area (Å²) in [6.45, 7) is 2.16. The summed E-state index contributed by atoms with van der Waals surface area (Å²) in [7, 11) is 1.84. The van der Waals surface area contributed by atoms with E-state index in [-0.39, 0.29) is 11.8 Å². The summed E-state index contributed by atoms with van der Waals surface area (Å²) in [4.78, 5) is 29.3. The van der Waals surface area contributed by atoms with E-state index >= 15 is 0 Å². The average molecular weight is 314 g/mol. The third-order valence-electron chi connectivity index (χ3n) is 5.38. The van der Waals surface area contributed by atoms with E-state index in [4.69, 9.17) is 0 Å². The van der Waals surface area contributed by atoms with E-state index in [1.807, 2.05) is 30.1 Å². The molecule has 1 aromatic rings. The van der Waals surface area contributed by atoms with Gasteiger partial charge in [-0.15, -0.1) is 0 Å². The van der Waals surface area contributed by atoms with Crippen LogP contribution in [0, 0.1) is 5.41 Å². The molecule has 2 heterocycles. The predicted molar refractivity (Wildman–Crippen MR) is 89.6 cm³/mol. The Morgan fingerprint density at radius 3 is 2.52 bits per heavy atom. The number of carbonyl (C=O) groups is 2. The summed E-state index contributed by atoms with van der Waals surface area (Å²) in [5.41, 5.74) is 0.703. The average Bonchev–Trinajstić information content (AvgIpc) is 2.56. The minimum atomic E-state index is -0.460. The van der Waals surface area contributed by atoms with Gasteiger partial charge in [-0.3, -0.25) is 9.59 Å². The van der Waals surface area contributed by atoms with Crippen molar-refractivity contribution in [1.29, 1.82) is 0 Å². The molecule has 0 bridgehead atoms. The first kappa shape index (κ1) is 16.0. The van der Waals surface area contributed by atoms with Crippen LogP contribution in [0.1, 0.15) is 44.1 Å². The van der Waals surface area contributed by atoms with Gasteiger partial charge in [-0.1, -0.05) is 43.2 Å². The summed E-state index contributed by atoms with van der Waals surface area (Å²) < 4.78 is 0. The van der Waals surface area contributed by atoms with Crippen molar-refractivity contribution in [2.24, 2.45) is 5.41 Å². The standard InChI is InChI=1S/C19H26N2O2/c1-20-13-11-19(14-17(20)22)10-6-3-7-12-21(18(19)23)15-16-8-4-2-5-9-16/h2,4-5,8-9H,3,6-7,10-15H2,1H3. The molecular weight excluding hydrogens is 288 g/mol. The third kappa shape index (κ3) is 3.41. The molecular formula is C19H26N2O2. The molecule has 0 aromatic heterocycles. The van der Waals surface area contributed by atoms with Crippen LogP contribution in [-0.2, 0) is 16.1 Å². The molecule has 2 fully saturated rings. The van der Waals surface area contributed by atoms with Crippen molar-refractivity contribution in [1.82, 2.24) is 9.80 Å². The fourth-order valence-corrected chi connectivity index (χ4v) is 3.86. The van der Waals surface area contributed by atoms with Crippen molar-refractivity contribution in [2.75, 3.05) is 20.1 Å². The van der Waals surface area contributed by atoms with E-state index in [1.54, 1.807) is 4.90 Å². The second-order valence-corrected chi connectivity index (χ2v) is 7.05. The SMILES string of the molecule is CN1CCC2(CCCCCN(Cc3ccccc3)C2=O)CC1=O. The van der Waals surface area contributed by atoms with Crippen molar-refractivity contribution in [3.05, 3.63) is 35.9 Å². The molecule has 1 atom stereocenters. The number of nitrogens with zero attached hydrogens (tertiary/aromatic N) is 2. The van der Waals surface area contributed by atoms with Crippen LogP contribution >= 0.6 is 0 Å². The van der Waals surface area contributed by atoms with Gasteiger partial charge in [0.15, 0.2) is 0 Å². The van der Waals surface area contributed by atoms with E-state index in [1.165, 1.54) is 0 Å². The lowest BCUT2D eigenvalue weighted by atomic mass is 9.72. The summed E-state index contributed by atoms with van der Waals surface area (Å²) in [5.74, 6) is 0.312. The normalized spacial score (nSPS) is 26.3. The van der Waals surface area contributed by atoms with Crippen LogP contribution in [0.4, 0.5) is 0 Å². The molecule has 2 amide bonds. The topological polar surface area (TPSA) is 40.6 Å². The van der Waals surface area contributed by atoms with E-state index < -0.39 is 5.41 Å². The lowest BCUT2D eigenvalue weighted by molar-refractivity contribution is -0.154. The summed E-state index contributed by atoms with van der Waals surface area (Å²) in [5, 5.41) is 0. The van der Waals surface area contributed by atoms with E-state index in [0.717, 1.165) is 44.2 Å². The fraction of sp³-hybridized carbons (Fsp3) is 0.579. The fourth-order valence-electron chi connectivity index (χ4n) is 3.86. The Hall–Kier alpha value is -1.84. The van der Waals surface area contributed by atoms with Crippen LogP contribution in [0.15, 0.2) is 30.3 Å². The molecule has 2 aliphatic rings. The van der Waals surface area contributed by atoms with Gasteiger partial charge >= 0.3 is 0 Å². The maximum Gasteiger partial charge on any atom is 0.229 e. The number of carbonyl (C=O) groups excluding carboxylic acids is 2. The molecule has 2 saturated heterocycles. The Morgan fingerprint density at radius 1 is 1.00 bits per heavy atom. The minimum absolute atomic E-state index is 0.116. The highest BCUT2D eigenvalue weighted by Gasteiger charge is 2.46. The maximum atomic E-state index is 13.3. The van der Waals surface area contributed by atoms with Gasteiger partial charge in [0.2, 0.25) is 11.8 Å². The van der Waals surface area contributed by atoms with Crippen molar-refractivity contribution >= 4 is 11.8 Å². The summed E-state index contributed by atoms with van der Waals surface area (Å²) >= 11 is 0. The second kappa shape index (κ2) is 6.73. The van der Waals surface area contributed by atoms with Crippen LogP contribution in [0.25, 0.3) is 0 Å². The van der Waals surface area contributed by atoms with Crippen molar-refractivity contribution in [3.8, 4) is 0 Å². The van der Waals surface area contributed by atoms with Gasteiger partial charge in [0.1, 0.15) is 0 Å². The Morgan fingerprint density at radius 2 is 1.78 bits per heavy atom. The number of benzene rings is 1. The highest BCUT2D eigenvalue weighted by molar-refractivity contribution is 5.90. The number of amides is 2. The van der Waals surface area contributed by atoms with Crippen LogP contribution in [0.2, 0.25) is 0 Å². The van der Waals surface area contributed by atoms with E-state index in [0.29, 0.717) is 19.5 Å². The number of piperidine rings is 1. The highest BCUT2D eigenvalue weighted by atomic mass is 16.2. The molecule has 1 unspecified atom stereocenters. The Labute approximate surface area is 138 Å². The molecule has 4 heteroatoms. The number of hydrogen-bond donors (Lipinski definition) is 0. The highest BCUT2D eigenvalue weighted by Crippen LogP contribution is 2.40. The van der Waals surface area contributed by atoms with Gasteiger partial charge in [-0.05, 0) is 24.8 Å². The maximum absolute atomic E-state index is 13.3. The minimum Gasteiger partial charge on any atom is -0.346 e. The second-order valence-electron chi connectivity index (χ2n) is 7.05. The summed E-state index contributed by atoms with van der Waals surface area (Å²) in [6, 6.07) is 10.2. The van der Waals surface area contributed by atoms with Crippen molar-refractivity contribution < 1.29 is 9.59 Å². The molecule has 0 aliphatic carbocycles. The van der Waals surface area contributed by atoms with Crippen LogP contribution in [0.5, 0.6) is 0 Å². The lowest BCUT2D eigenvalue weighted by Gasteiger charge is -2.43. The first-order valence-corrected chi connectivity index (χ1v) is 8.68. The van der Waals surface area contributed by atoms with Crippen molar-refractivity contribution in [3.63, 3.8) is 0 Å². The van der Waals surface area contributed by atoms with Crippen LogP contribution in [0.3, 0.4) is 0 Å². The van der Waals surface area contributed by atoms with Gasteiger partial charge in [0.25, 0.3) is 0 Å². The van der Waals surface area contributed by atoms with Gasteiger partial charge in [0.05, 0.1) is 5.41 Å². The van der Waals surface area contributed by atoms with Gasteiger partial charge in [-0.2, -0.15) is 0 Å². The zero-order valence-corrected chi connectivity index (χ0v) is 14.0. The Balaban J connectivity index is 1.82. The molecule has 3 rings (SSSR count). The predicted octanol–water partition coefficient (Wildman–Crippen LogP) is 2.83. The smallest absolute Gasteiger partial charge is 0.229 e. The molecule has 0 saturated carbocycles. The van der Waals surface area contributed by atoms with Crippen LogP contribution in [-0.4, -0.2) is 41.8 Å².